The fourth-order valence-corrected chi connectivity index (χ4v) is 1.45. The van der Waals surface area contributed by atoms with Gasteiger partial charge in [0, 0.05) is 17.4 Å². The Balaban J connectivity index is 2.18. The Kier molecular flexibility index (Phi) is 3.77. The minimum absolute atomic E-state index is 0.161. The summed E-state index contributed by atoms with van der Waals surface area (Å²) in [7, 11) is 0. The lowest BCUT2D eigenvalue weighted by Crippen LogP contribution is -2.02. The van der Waals surface area contributed by atoms with E-state index in [9.17, 15) is 0 Å². The first-order valence-electron chi connectivity index (χ1n) is 5.52. The molecule has 0 bridgehead atoms. The highest BCUT2D eigenvalue weighted by Gasteiger charge is 2.03. The van der Waals surface area contributed by atoms with E-state index in [0.717, 1.165) is 11.4 Å². The first-order valence-corrected chi connectivity index (χ1v) is 5.52. The largest absolute Gasteiger partial charge is 0.450 e. The second-order valence-corrected chi connectivity index (χ2v) is 3.66. The summed E-state index contributed by atoms with van der Waals surface area (Å²) in [6.07, 6.45) is 5.13. The van der Waals surface area contributed by atoms with Crippen molar-refractivity contribution >= 4 is 11.5 Å². The summed E-state index contributed by atoms with van der Waals surface area (Å²) in [6.45, 7) is 2.04. The van der Waals surface area contributed by atoms with Crippen LogP contribution in [0.25, 0.3) is 0 Å². The molecular formula is C14H13N3O. The van der Waals surface area contributed by atoms with E-state index in [1.807, 2.05) is 43.3 Å². The summed E-state index contributed by atoms with van der Waals surface area (Å²) in [5.41, 5.74) is 1.77. The Morgan fingerprint density at radius 3 is 2.78 bits per heavy atom. The topological polar surface area (TPSA) is 47.0 Å². The Bertz CT molecular complexity index is 561. The van der Waals surface area contributed by atoms with Crippen molar-refractivity contribution in [3.8, 4) is 18.4 Å². The van der Waals surface area contributed by atoms with E-state index in [0.29, 0.717) is 5.82 Å². The van der Waals surface area contributed by atoms with Gasteiger partial charge in [0.25, 0.3) is 0 Å². The lowest BCUT2D eigenvalue weighted by Gasteiger charge is -2.08. The summed E-state index contributed by atoms with van der Waals surface area (Å²) in [5.74, 6) is 3.06. The van der Waals surface area contributed by atoms with Gasteiger partial charge in [0.05, 0.1) is 0 Å². The quantitative estimate of drug-likeness (QED) is 0.833. The second-order valence-electron chi connectivity index (χ2n) is 3.66. The van der Waals surface area contributed by atoms with Gasteiger partial charge in [0.15, 0.2) is 6.61 Å². The zero-order valence-electron chi connectivity index (χ0n) is 10.1. The zero-order chi connectivity index (χ0) is 12.8. The van der Waals surface area contributed by atoms with Gasteiger partial charge in [-0.15, -0.1) is 6.42 Å². The molecule has 0 aliphatic heterocycles. The maximum absolute atomic E-state index is 5.22. The Labute approximate surface area is 106 Å². The van der Waals surface area contributed by atoms with E-state index in [4.69, 9.17) is 11.2 Å². The van der Waals surface area contributed by atoms with Crippen LogP contribution in [-0.2, 0) is 0 Å². The van der Waals surface area contributed by atoms with Gasteiger partial charge in [0.1, 0.15) is 5.82 Å². The molecule has 18 heavy (non-hydrogen) atoms. The fourth-order valence-electron chi connectivity index (χ4n) is 1.45. The molecule has 2 rings (SSSR count). The summed E-state index contributed by atoms with van der Waals surface area (Å²) >= 11 is 0. The van der Waals surface area contributed by atoms with E-state index in [-0.39, 0.29) is 12.6 Å². The van der Waals surface area contributed by atoms with E-state index in [2.05, 4.69) is 21.2 Å². The third-order valence-corrected chi connectivity index (χ3v) is 2.16. The molecule has 0 atom stereocenters. The molecule has 0 aliphatic carbocycles. The number of para-hydroxylation sites is 1. The van der Waals surface area contributed by atoms with Crippen molar-refractivity contribution in [1.82, 2.24) is 9.97 Å². The number of rotatable bonds is 4. The summed E-state index contributed by atoms with van der Waals surface area (Å²) in [5, 5.41) is 3.18. The van der Waals surface area contributed by atoms with Gasteiger partial charge < -0.3 is 10.1 Å². The molecule has 1 aromatic heterocycles. The number of nitrogens with one attached hydrogen (secondary N) is 1. The van der Waals surface area contributed by atoms with Crippen LogP contribution in [0, 0.1) is 19.3 Å². The van der Waals surface area contributed by atoms with Gasteiger partial charge in [-0.05, 0) is 19.1 Å². The Hall–Kier alpha value is -2.54. The maximum Gasteiger partial charge on any atom is 0.319 e. The standard InChI is InChI=1S/C14H13N3O/c1-3-9-18-14-15-11(2)10-13(17-14)16-12-7-5-4-6-8-12/h1,4-8,10H,9H2,2H3,(H,15,16,17). The number of terminal acetylenes is 1. The van der Waals surface area contributed by atoms with Crippen molar-refractivity contribution in [3.05, 3.63) is 42.1 Å². The smallest absolute Gasteiger partial charge is 0.319 e. The molecular weight excluding hydrogens is 226 g/mol. The number of nitrogens with zero attached hydrogens (tertiary/aromatic N) is 2. The van der Waals surface area contributed by atoms with Crippen molar-refractivity contribution < 1.29 is 4.74 Å². The molecule has 0 saturated heterocycles. The molecule has 4 heteroatoms. The molecule has 2 aromatic rings. The van der Waals surface area contributed by atoms with Crippen LogP contribution in [0.1, 0.15) is 5.69 Å². The minimum atomic E-state index is 0.161. The third kappa shape index (κ3) is 3.22. The molecule has 0 amide bonds. The highest BCUT2D eigenvalue weighted by atomic mass is 16.5. The lowest BCUT2D eigenvalue weighted by molar-refractivity contribution is 0.339. The predicted octanol–water partition coefficient (Wildman–Crippen LogP) is 2.54. The van der Waals surface area contributed by atoms with Crippen molar-refractivity contribution in [2.45, 2.75) is 6.92 Å². The SMILES string of the molecule is C#CCOc1nc(C)cc(Nc2ccccc2)n1. The van der Waals surface area contributed by atoms with Crippen LogP contribution in [-0.4, -0.2) is 16.6 Å². The number of benzene rings is 1. The molecule has 1 aromatic carbocycles. The van der Waals surface area contributed by atoms with E-state index in [1.54, 1.807) is 0 Å². The minimum Gasteiger partial charge on any atom is -0.450 e. The summed E-state index contributed by atoms with van der Waals surface area (Å²) in [4.78, 5) is 8.37. The zero-order valence-corrected chi connectivity index (χ0v) is 10.1. The van der Waals surface area contributed by atoms with Gasteiger partial charge in [-0.25, -0.2) is 4.98 Å². The number of aryl methyl sites for hydroxylation is 1. The molecule has 0 aliphatic rings. The average molecular weight is 239 g/mol. The van der Waals surface area contributed by atoms with Crippen LogP contribution >= 0.6 is 0 Å². The normalized spacial score (nSPS) is 9.56. The van der Waals surface area contributed by atoms with Crippen molar-refractivity contribution in [1.29, 1.82) is 0 Å². The van der Waals surface area contributed by atoms with Gasteiger partial charge >= 0.3 is 6.01 Å². The van der Waals surface area contributed by atoms with Gasteiger partial charge in [-0.3, -0.25) is 0 Å². The van der Waals surface area contributed by atoms with Gasteiger partial charge in [-0.1, -0.05) is 24.1 Å². The number of aromatic nitrogens is 2. The molecule has 0 fully saturated rings. The van der Waals surface area contributed by atoms with Gasteiger partial charge in [-0.2, -0.15) is 4.98 Å². The van der Waals surface area contributed by atoms with Crippen molar-refractivity contribution in [2.24, 2.45) is 0 Å². The molecule has 0 unspecified atom stereocenters. The first kappa shape index (κ1) is 11.9. The molecule has 1 N–H and O–H groups in total. The van der Waals surface area contributed by atoms with Crippen LogP contribution in [0.15, 0.2) is 36.4 Å². The number of hydrogen-bond acceptors (Lipinski definition) is 4. The van der Waals surface area contributed by atoms with E-state index >= 15 is 0 Å². The van der Waals surface area contributed by atoms with Crippen LogP contribution < -0.4 is 10.1 Å². The average Bonchev–Trinajstić information content (AvgIpc) is 2.37. The van der Waals surface area contributed by atoms with Crippen LogP contribution in [0.2, 0.25) is 0 Å². The number of ether oxygens (including phenoxy) is 1. The highest BCUT2D eigenvalue weighted by Crippen LogP contribution is 2.16. The first-order chi connectivity index (χ1) is 8.78. The van der Waals surface area contributed by atoms with Crippen LogP contribution in [0.5, 0.6) is 6.01 Å². The lowest BCUT2D eigenvalue weighted by atomic mass is 10.3. The van der Waals surface area contributed by atoms with Gasteiger partial charge in [0.2, 0.25) is 0 Å². The number of anilines is 2. The van der Waals surface area contributed by atoms with Crippen LogP contribution in [0.4, 0.5) is 11.5 Å². The molecule has 90 valence electrons. The molecule has 1 heterocycles. The van der Waals surface area contributed by atoms with E-state index in [1.165, 1.54) is 0 Å². The number of hydrogen-bond donors (Lipinski definition) is 1. The monoisotopic (exact) mass is 239 g/mol. The Morgan fingerprint density at radius 1 is 1.28 bits per heavy atom. The van der Waals surface area contributed by atoms with Crippen LogP contribution in [0.3, 0.4) is 0 Å². The third-order valence-electron chi connectivity index (χ3n) is 2.16. The predicted molar refractivity (Wildman–Crippen MR) is 70.8 cm³/mol. The highest BCUT2D eigenvalue weighted by molar-refractivity contribution is 5.56. The summed E-state index contributed by atoms with van der Waals surface area (Å²) in [6, 6.07) is 11.9. The van der Waals surface area contributed by atoms with Crippen molar-refractivity contribution in [2.75, 3.05) is 11.9 Å². The maximum atomic E-state index is 5.22. The molecule has 0 radical (unpaired) electrons. The molecule has 0 spiro atoms. The molecule has 0 saturated carbocycles. The Morgan fingerprint density at radius 2 is 2.06 bits per heavy atom. The molecule has 4 nitrogen and oxygen atoms in total. The van der Waals surface area contributed by atoms with E-state index < -0.39 is 0 Å². The van der Waals surface area contributed by atoms with Crippen molar-refractivity contribution in [3.63, 3.8) is 0 Å². The summed E-state index contributed by atoms with van der Waals surface area (Å²) < 4.78 is 5.22. The fraction of sp³-hybridized carbons (Fsp3) is 0.143. The second kappa shape index (κ2) is 5.69.